The molecular weight excluding hydrogens is 489 g/mol. The van der Waals surface area contributed by atoms with Crippen molar-refractivity contribution < 1.29 is 13.5 Å². The fraction of sp³-hybridized carbons (Fsp3) is 0.143. The first kappa shape index (κ1) is 22.5. The number of rotatable bonds is 6. The molecule has 29 heavy (non-hydrogen) atoms. The molecule has 0 unspecified atom stereocenters. The van der Waals surface area contributed by atoms with Gasteiger partial charge in [0, 0.05) is 38.5 Å². The predicted octanol–water partition coefficient (Wildman–Crippen LogP) is 4.64. The molecule has 1 aromatic heterocycles. The fourth-order valence-corrected chi connectivity index (χ4v) is 2.47. The van der Waals surface area contributed by atoms with E-state index in [4.69, 9.17) is 4.74 Å². The third-order valence-corrected chi connectivity index (χ3v) is 3.85. The van der Waals surface area contributed by atoms with Gasteiger partial charge in [0.25, 0.3) is 0 Å². The first-order chi connectivity index (χ1) is 13.6. The van der Waals surface area contributed by atoms with Crippen LogP contribution in [0.1, 0.15) is 11.1 Å². The lowest BCUT2D eigenvalue weighted by Crippen LogP contribution is -2.36. The number of guanidine groups is 1. The first-order valence-electron chi connectivity index (χ1n) is 8.70. The van der Waals surface area contributed by atoms with E-state index in [0.29, 0.717) is 30.7 Å². The standard InChI is InChI=1S/C21H20F2N4O.HI/c1-24-21(26-12-15-4-2-5-17(22)10-15)27-14-16-8-9-20(25-13-16)28-19-7-3-6-18(23)11-19;/h2-11,13H,12,14H2,1H3,(H2,24,26,27);1H. The van der Waals surface area contributed by atoms with Crippen LogP contribution in [0.4, 0.5) is 8.78 Å². The third kappa shape index (κ3) is 7.30. The molecule has 0 atom stereocenters. The van der Waals surface area contributed by atoms with Crippen molar-refractivity contribution in [3.05, 3.63) is 89.6 Å². The Morgan fingerprint density at radius 1 is 0.931 bits per heavy atom. The van der Waals surface area contributed by atoms with E-state index < -0.39 is 0 Å². The lowest BCUT2D eigenvalue weighted by molar-refractivity contribution is 0.457. The summed E-state index contributed by atoms with van der Waals surface area (Å²) in [6.45, 7) is 0.951. The van der Waals surface area contributed by atoms with Crippen molar-refractivity contribution >= 4 is 29.9 Å². The Morgan fingerprint density at radius 2 is 1.62 bits per heavy atom. The highest BCUT2D eigenvalue weighted by Gasteiger charge is 2.03. The summed E-state index contributed by atoms with van der Waals surface area (Å²) in [7, 11) is 1.66. The molecule has 3 rings (SSSR count). The Hall–Kier alpha value is -2.75. The highest BCUT2D eigenvalue weighted by Crippen LogP contribution is 2.19. The summed E-state index contributed by atoms with van der Waals surface area (Å²) in [5.41, 5.74) is 1.74. The molecule has 0 aliphatic rings. The van der Waals surface area contributed by atoms with Gasteiger partial charge in [-0.3, -0.25) is 4.99 Å². The number of aromatic nitrogens is 1. The van der Waals surface area contributed by atoms with Crippen LogP contribution in [-0.4, -0.2) is 18.0 Å². The van der Waals surface area contributed by atoms with E-state index in [0.717, 1.165) is 11.1 Å². The molecule has 8 heteroatoms. The second kappa shape index (κ2) is 11.3. The Kier molecular flexibility index (Phi) is 8.78. The molecule has 0 saturated carbocycles. The number of ether oxygens (including phenoxy) is 1. The molecule has 0 amide bonds. The Morgan fingerprint density at radius 3 is 2.24 bits per heavy atom. The summed E-state index contributed by atoms with van der Waals surface area (Å²) in [4.78, 5) is 8.37. The molecule has 0 fully saturated rings. The van der Waals surface area contributed by atoms with Crippen LogP contribution in [0.15, 0.2) is 71.9 Å². The normalized spacial score (nSPS) is 10.8. The van der Waals surface area contributed by atoms with Crippen LogP contribution in [-0.2, 0) is 13.1 Å². The molecule has 1 heterocycles. The topological polar surface area (TPSA) is 58.5 Å². The summed E-state index contributed by atoms with van der Waals surface area (Å²) in [6, 6.07) is 15.8. The minimum atomic E-state index is -0.365. The molecule has 3 aromatic rings. The number of pyridine rings is 1. The van der Waals surface area contributed by atoms with Crippen LogP contribution in [0, 0.1) is 11.6 Å². The van der Waals surface area contributed by atoms with E-state index in [1.54, 1.807) is 37.5 Å². The van der Waals surface area contributed by atoms with Gasteiger partial charge < -0.3 is 15.4 Å². The average molecular weight is 510 g/mol. The minimum Gasteiger partial charge on any atom is -0.439 e. The molecule has 152 valence electrons. The molecule has 0 spiro atoms. The van der Waals surface area contributed by atoms with Gasteiger partial charge in [-0.1, -0.05) is 24.3 Å². The molecule has 5 nitrogen and oxygen atoms in total. The summed E-state index contributed by atoms with van der Waals surface area (Å²) in [5.74, 6) is 0.719. The van der Waals surface area contributed by atoms with Crippen molar-refractivity contribution in [2.45, 2.75) is 13.1 Å². The maximum atomic E-state index is 13.2. The predicted molar refractivity (Wildman–Crippen MR) is 120 cm³/mol. The highest BCUT2D eigenvalue weighted by atomic mass is 127. The number of nitrogens with zero attached hydrogens (tertiary/aromatic N) is 2. The van der Waals surface area contributed by atoms with Crippen LogP contribution in [0.3, 0.4) is 0 Å². The SMILES string of the molecule is CN=C(NCc1ccc(Oc2cccc(F)c2)nc1)NCc1cccc(F)c1.I. The Balaban J connectivity index is 0.00000300. The van der Waals surface area contributed by atoms with E-state index in [9.17, 15) is 8.78 Å². The van der Waals surface area contributed by atoms with Crippen molar-refractivity contribution in [2.24, 2.45) is 4.99 Å². The zero-order chi connectivity index (χ0) is 19.8. The Bertz CT molecular complexity index is 951. The van der Waals surface area contributed by atoms with Crippen molar-refractivity contribution in [2.75, 3.05) is 7.05 Å². The monoisotopic (exact) mass is 510 g/mol. The molecular formula is C21H21F2IN4O. The van der Waals surface area contributed by atoms with Gasteiger partial charge in [-0.15, -0.1) is 24.0 Å². The van der Waals surface area contributed by atoms with Crippen molar-refractivity contribution in [3.8, 4) is 11.6 Å². The van der Waals surface area contributed by atoms with Crippen molar-refractivity contribution in [1.29, 1.82) is 0 Å². The van der Waals surface area contributed by atoms with Crippen LogP contribution in [0.25, 0.3) is 0 Å². The second-order valence-corrected chi connectivity index (χ2v) is 5.97. The van der Waals surface area contributed by atoms with Gasteiger partial charge in [0.15, 0.2) is 5.96 Å². The molecule has 2 aromatic carbocycles. The van der Waals surface area contributed by atoms with E-state index >= 15 is 0 Å². The number of hydrogen-bond acceptors (Lipinski definition) is 3. The molecule has 0 aliphatic carbocycles. The maximum Gasteiger partial charge on any atom is 0.219 e. The van der Waals surface area contributed by atoms with E-state index in [-0.39, 0.29) is 35.6 Å². The number of hydrogen-bond donors (Lipinski definition) is 2. The zero-order valence-electron chi connectivity index (χ0n) is 15.7. The quantitative estimate of drug-likeness (QED) is 0.289. The van der Waals surface area contributed by atoms with Crippen molar-refractivity contribution in [3.63, 3.8) is 0 Å². The second-order valence-electron chi connectivity index (χ2n) is 5.97. The van der Waals surface area contributed by atoms with Gasteiger partial charge in [-0.05, 0) is 35.4 Å². The molecule has 0 aliphatic heterocycles. The molecule has 0 bridgehead atoms. The van der Waals surface area contributed by atoms with E-state index in [1.165, 1.54) is 24.3 Å². The lowest BCUT2D eigenvalue weighted by atomic mass is 10.2. The van der Waals surface area contributed by atoms with E-state index in [2.05, 4.69) is 20.6 Å². The first-order valence-corrected chi connectivity index (χ1v) is 8.70. The van der Waals surface area contributed by atoms with Crippen LogP contribution < -0.4 is 15.4 Å². The Labute approximate surface area is 185 Å². The number of halogens is 3. The van der Waals surface area contributed by atoms with Crippen LogP contribution in [0.5, 0.6) is 11.6 Å². The third-order valence-electron chi connectivity index (χ3n) is 3.85. The summed E-state index contributed by atoms with van der Waals surface area (Å²) in [6.07, 6.45) is 1.67. The minimum absolute atomic E-state index is 0. The summed E-state index contributed by atoms with van der Waals surface area (Å²) < 4.78 is 31.9. The number of nitrogens with one attached hydrogen (secondary N) is 2. The highest BCUT2D eigenvalue weighted by molar-refractivity contribution is 14.0. The molecule has 0 radical (unpaired) electrons. The van der Waals surface area contributed by atoms with Gasteiger partial charge in [0.05, 0.1) is 0 Å². The zero-order valence-corrected chi connectivity index (χ0v) is 18.1. The summed E-state index contributed by atoms with van der Waals surface area (Å²) in [5, 5.41) is 6.29. The van der Waals surface area contributed by atoms with Crippen molar-refractivity contribution in [1.82, 2.24) is 15.6 Å². The van der Waals surface area contributed by atoms with Gasteiger partial charge in [-0.25, -0.2) is 13.8 Å². The number of benzene rings is 2. The summed E-state index contributed by atoms with van der Waals surface area (Å²) >= 11 is 0. The fourth-order valence-electron chi connectivity index (χ4n) is 2.47. The smallest absolute Gasteiger partial charge is 0.219 e. The van der Waals surface area contributed by atoms with E-state index in [1.807, 2.05) is 12.1 Å². The van der Waals surface area contributed by atoms with Gasteiger partial charge in [-0.2, -0.15) is 0 Å². The average Bonchev–Trinajstić information content (AvgIpc) is 2.69. The van der Waals surface area contributed by atoms with Gasteiger partial charge in [0.1, 0.15) is 17.4 Å². The van der Waals surface area contributed by atoms with Crippen LogP contribution >= 0.6 is 24.0 Å². The molecule has 0 saturated heterocycles. The van der Waals surface area contributed by atoms with Gasteiger partial charge in [0.2, 0.25) is 5.88 Å². The van der Waals surface area contributed by atoms with Gasteiger partial charge >= 0.3 is 0 Å². The molecule has 2 N–H and O–H groups in total. The lowest BCUT2D eigenvalue weighted by Gasteiger charge is -2.12. The maximum absolute atomic E-state index is 13.2. The largest absolute Gasteiger partial charge is 0.439 e. The van der Waals surface area contributed by atoms with Crippen LogP contribution in [0.2, 0.25) is 0 Å². The number of aliphatic imine (C=N–C) groups is 1.